The van der Waals surface area contributed by atoms with Crippen LogP contribution in [0.15, 0.2) is 0 Å². The minimum absolute atomic E-state index is 0.749. The average Bonchev–Trinajstić information content (AvgIpc) is 2.35. The van der Waals surface area contributed by atoms with Gasteiger partial charge in [0, 0.05) is 43.7 Å². The summed E-state index contributed by atoms with van der Waals surface area (Å²) < 4.78 is 0. The lowest BCUT2D eigenvalue weighted by atomic mass is 10.1. The Balaban J connectivity index is 2.02. The van der Waals surface area contributed by atoms with Gasteiger partial charge in [-0.2, -0.15) is 11.8 Å². The molecule has 1 atom stereocenters. The molecule has 0 spiro atoms. The minimum atomic E-state index is 0.749. The van der Waals surface area contributed by atoms with Gasteiger partial charge < -0.3 is 10.2 Å². The summed E-state index contributed by atoms with van der Waals surface area (Å²) in [6.07, 6.45) is 5.31. The molecule has 0 aromatic rings. The van der Waals surface area contributed by atoms with E-state index in [4.69, 9.17) is 0 Å². The molecule has 16 heavy (non-hydrogen) atoms. The quantitative estimate of drug-likeness (QED) is 0.706. The first kappa shape index (κ1) is 14.3. The van der Waals surface area contributed by atoms with E-state index >= 15 is 0 Å². The van der Waals surface area contributed by atoms with Crippen molar-refractivity contribution in [3.63, 3.8) is 0 Å². The summed E-state index contributed by atoms with van der Waals surface area (Å²) in [6, 6.07) is 0.749. The predicted molar refractivity (Wildman–Crippen MR) is 75.4 cm³/mol. The third-order valence-electron chi connectivity index (χ3n) is 3.36. The van der Waals surface area contributed by atoms with Crippen LogP contribution in [0, 0.1) is 0 Å². The number of unbranched alkanes of at least 4 members (excludes halogenated alkanes) is 1. The lowest BCUT2D eigenvalue weighted by molar-refractivity contribution is 0.291. The third kappa shape index (κ3) is 6.12. The average molecular weight is 244 g/mol. The standard InChI is InChI=1S/C13H28N2S/c1-3-5-6-13(4-2)14-7-8-15-9-11-16-12-10-15/h13-14H,3-12H2,1-2H3. The molecule has 0 aromatic heterocycles. The van der Waals surface area contributed by atoms with Crippen molar-refractivity contribution in [2.45, 2.75) is 45.6 Å². The highest BCUT2D eigenvalue weighted by molar-refractivity contribution is 7.99. The predicted octanol–water partition coefficient (Wildman–Crippen LogP) is 2.59. The summed E-state index contributed by atoms with van der Waals surface area (Å²) in [5.74, 6) is 2.65. The van der Waals surface area contributed by atoms with Gasteiger partial charge in [0.2, 0.25) is 0 Å². The molecule has 0 aromatic carbocycles. The van der Waals surface area contributed by atoms with Gasteiger partial charge in [-0.3, -0.25) is 0 Å². The molecule has 0 aliphatic carbocycles. The normalized spacial score (nSPS) is 19.9. The molecule has 1 aliphatic heterocycles. The summed E-state index contributed by atoms with van der Waals surface area (Å²) in [5.41, 5.74) is 0. The van der Waals surface area contributed by atoms with E-state index in [2.05, 4.69) is 35.8 Å². The maximum Gasteiger partial charge on any atom is 0.0108 e. The van der Waals surface area contributed by atoms with Gasteiger partial charge in [-0.15, -0.1) is 0 Å². The van der Waals surface area contributed by atoms with E-state index in [0.717, 1.165) is 6.04 Å². The van der Waals surface area contributed by atoms with Gasteiger partial charge in [0.15, 0.2) is 0 Å². The van der Waals surface area contributed by atoms with Gasteiger partial charge in [0.05, 0.1) is 0 Å². The molecule has 1 aliphatic rings. The fraction of sp³-hybridized carbons (Fsp3) is 1.00. The van der Waals surface area contributed by atoms with Crippen LogP contribution in [-0.2, 0) is 0 Å². The molecule has 1 unspecified atom stereocenters. The Hall–Kier alpha value is 0.270. The fourth-order valence-electron chi connectivity index (χ4n) is 2.15. The Kier molecular flexibility index (Phi) is 8.34. The van der Waals surface area contributed by atoms with Crippen molar-refractivity contribution in [3.05, 3.63) is 0 Å². The molecule has 1 N–H and O–H groups in total. The van der Waals surface area contributed by atoms with Crippen molar-refractivity contribution in [1.29, 1.82) is 0 Å². The summed E-state index contributed by atoms with van der Waals surface area (Å²) in [6.45, 7) is 9.56. The van der Waals surface area contributed by atoms with Crippen molar-refractivity contribution in [1.82, 2.24) is 10.2 Å². The van der Waals surface area contributed by atoms with Crippen molar-refractivity contribution in [3.8, 4) is 0 Å². The lowest BCUT2D eigenvalue weighted by Crippen LogP contribution is -2.40. The van der Waals surface area contributed by atoms with E-state index in [1.165, 1.54) is 63.4 Å². The second-order valence-electron chi connectivity index (χ2n) is 4.66. The van der Waals surface area contributed by atoms with Gasteiger partial charge in [-0.05, 0) is 12.8 Å². The Morgan fingerprint density at radius 1 is 1.25 bits per heavy atom. The zero-order valence-electron chi connectivity index (χ0n) is 11.0. The van der Waals surface area contributed by atoms with Gasteiger partial charge in [-0.25, -0.2) is 0 Å². The van der Waals surface area contributed by atoms with Crippen LogP contribution in [0.1, 0.15) is 39.5 Å². The summed E-state index contributed by atoms with van der Waals surface area (Å²) in [5, 5.41) is 3.70. The molecular weight excluding hydrogens is 216 g/mol. The molecule has 1 rings (SSSR count). The SMILES string of the molecule is CCCCC(CC)NCCN1CCSCC1. The van der Waals surface area contributed by atoms with Crippen molar-refractivity contribution in [2.24, 2.45) is 0 Å². The second kappa shape index (κ2) is 9.32. The molecule has 96 valence electrons. The number of nitrogens with zero attached hydrogens (tertiary/aromatic N) is 1. The number of hydrogen-bond donors (Lipinski definition) is 1. The molecule has 1 saturated heterocycles. The van der Waals surface area contributed by atoms with Crippen molar-refractivity contribution < 1.29 is 0 Å². The first-order valence-corrected chi connectivity index (χ1v) is 8.05. The van der Waals surface area contributed by atoms with Crippen molar-refractivity contribution in [2.75, 3.05) is 37.7 Å². The molecule has 0 radical (unpaired) electrons. The first-order chi connectivity index (χ1) is 7.86. The number of hydrogen-bond acceptors (Lipinski definition) is 3. The smallest absolute Gasteiger partial charge is 0.0108 e. The van der Waals surface area contributed by atoms with Gasteiger partial charge in [0.1, 0.15) is 0 Å². The Labute approximate surface area is 106 Å². The molecule has 1 heterocycles. The first-order valence-electron chi connectivity index (χ1n) is 6.90. The molecule has 0 amide bonds. The summed E-state index contributed by atoms with van der Waals surface area (Å²) in [4.78, 5) is 2.59. The summed E-state index contributed by atoms with van der Waals surface area (Å²) >= 11 is 2.09. The van der Waals surface area contributed by atoms with E-state index < -0.39 is 0 Å². The van der Waals surface area contributed by atoms with Gasteiger partial charge >= 0.3 is 0 Å². The van der Waals surface area contributed by atoms with Gasteiger partial charge in [0.25, 0.3) is 0 Å². The van der Waals surface area contributed by atoms with Crippen LogP contribution in [-0.4, -0.2) is 48.6 Å². The van der Waals surface area contributed by atoms with E-state index in [-0.39, 0.29) is 0 Å². The minimum Gasteiger partial charge on any atom is -0.313 e. The highest BCUT2D eigenvalue weighted by Crippen LogP contribution is 2.08. The largest absolute Gasteiger partial charge is 0.313 e. The van der Waals surface area contributed by atoms with E-state index in [1.54, 1.807) is 0 Å². The van der Waals surface area contributed by atoms with Crippen LogP contribution in [0.4, 0.5) is 0 Å². The second-order valence-corrected chi connectivity index (χ2v) is 5.88. The highest BCUT2D eigenvalue weighted by Gasteiger charge is 2.10. The zero-order valence-corrected chi connectivity index (χ0v) is 11.8. The molecule has 0 saturated carbocycles. The molecular formula is C13H28N2S. The van der Waals surface area contributed by atoms with E-state index in [1.807, 2.05) is 0 Å². The van der Waals surface area contributed by atoms with Crippen LogP contribution in [0.2, 0.25) is 0 Å². The van der Waals surface area contributed by atoms with Gasteiger partial charge in [-0.1, -0.05) is 26.7 Å². The lowest BCUT2D eigenvalue weighted by Gasteiger charge is -2.27. The van der Waals surface area contributed by atoms with Crippen molar-refractivity contribution >= 4 is 11.8 Å². The zero-order chi connectivity index (χ0) is 11.6. The van der Waals surface area contributed by atoms with E-state index in [0.29, 0.717) is 0 Å². The third-order valence-corrected chi connectivity index (χ3v) is 4.31. The van der Waals surface area contributed by atoms with Crippen LogP contribution >= 0.6 is 11.8 Å². The Bertz CT molecular complexity index is 158. The van der Waals surface area contributed by atoms with Crippen LogP contribution in [0.3, 0.4) is 0 Å². The molecule has 3 heteroatoms. The maximum atomic E-state index is 3.70. The summed E-state index contributed by atoms with van der Waals surface area (Å²) in [7, 11) is 0. The molecule has 0 bridgehead atoms. The topological polar surface area (TPSA) is 15.3 Å². The maximum absolute atomic E-state index is 3.70. The Morgan fingerprint density at radius 3 is 2.62 bits per heavy atom. The number of rotatable bonds is 8. The van der Waals surface area contributed by atoms with Crippen LogP contribution in [0.25, 0.3) is 0 Å². The monoisotopic (exact) mass is 244 g/mol. The Morgan fingerprint density at radius 2 is 2.00 bits per heavy atom. The molecule has 2 nitrogen and oxygen atoms in total. The number of thioether (sulfide) groups is 1. The van der Waals surface area contributed by atoms with Crippen LogP contribution in [0.5, 0.6) is 0 Å². The highest BCUT2D eigenvalue weighted by atomic mass is 32.2. The molecule has 1 fully saturated rings. The fourth-order valence-corrected chi connectivity index (χ4v) is 3.13. The van der Waals surface area contributed by atoms with E-state index in [9.17, 15) is 0 Å². The van der Waals surface area contributed by atoms with Crippen LogP contribution < -0.4 is 5.32 Å². The number of nitrogens with one attached hydrogen (secondary N) is 1.